The first kappa shape index (κ1) is 31.1. The Hall–Kier alpha value is -2.86. The molecule has 0 bridgehead atoms. The van der Waals surface area contributed by atoms with Crippen molar-refractivity contribution < 1.29 is 28.9 Å². The highest BCUT2D eigenvalue weighted by atomic mass is 16.5. The van der Waals surface area contributed by atoms with E-state index in [0.717, 1.165) is 61.2 Å². The summed E-state index contributed by atoms with van der Waals surface area (Å²) >= 11 is 0. The van der Waals surface area contributed by atoms with Crippen molar-refractivity contribution in [1.82, 2.24) is 0 Å². The number of aryl methyl sites for hydroxylation is 1. The van der Waals surface area contributed by atoms with Gasteiger partial charge >= 0.3 is 5.97 Å². The van der Waals surface area contributed by atoms with E-state index in [9.17, 15) is 14.7 Å². The molecule has 0 aliphatic heterocycles. The van der Waals surface area contributed by atoms with Gasteiger partial charge in [-0.1, -0.05) is 43.7 Å². The van der Waals surface area contributed by atoms with Crippen LogP contribution in [-0.2, 0) is 20.7 Å². The first-order chi connectivity index (χ1) is 19.8. The molecule has 0 saturated heterocycles. The second-order valence-corrected chi connectivity index (χ2v) is 11.9. The molecular formula is C35H48O6. The number of hydrogen-bond acceptors (Lipinski definition) is 5. The van der Waals surface area contributed by atoms with Gasteiger partial charge in [0.05, 0.1) is 24.7 Å². The number of carboxylic acid groups (broad SMARTS) is 1. The lowest BCUT2D eigenvalue weighted by molar-refractivity contribution is -0.170. The van der Waals surface area contributed by atoms with E-state index in [1.165, 1.54) is 5.56 Å². The Morgan fingerprint density at radius 1 is 0.951 bits per heavy atom. The third-order valence-corrected chi connectivity index (χ3v) is 8.93. The fourth-order valence-electron chi connectivity index (χ4n) is 6.49. The molecule has 224 valence electrons. The SMILES string of the molecule is CCOc1cc(C(C)C(CCCCc2ccccc2)C(=O)CC2(C(=O)O)CC(OCC)C2)cc(OCC)c1C1CC1. The molecule has 0 heterocycles. The van der Waals surface area contributed by atoms with Gasteiger partial charge in [0.2, 0.25) is 0 Å². The second kappa shape index (κ2) is 14.4. The van der Waals surface area contributed by atoms with Crippen molar-refractivity contribution in [3.63, 3.8) is 0 Å². The Morgan fingerprint density at radius 2 is 1.59 bits per heavy atom. The summed E-state index contributed by atoms with van der Waals surface area (Å²) in [7, 11) is 0. The van der Waals surface area contributed by atoms with E-state index in [4.69, 9.17) is 14.2 Å². The van der Waals surface area contributed by atoms with Gasteiger partial charge in [-0.15, -0.1) is 0 Å². The largest absolute Gasteiger partial charge is 0.493 e. The van der Waals surface area contributed by atoms with Crippen molar-refractivity contribution >= 4 is 11.8 Å². The Labute approximate surface area is 245 Å². The minimum absolute atomic E-state index is 0.0387. The maximum atomic E-state index is 14.0. The summed E-state index contributed by atoms with van der Waals surface area (Å²) in [6, 6.07) is 14.6. The molecule has 2 saturated carbocycles. The van der Waals surface area contributed by atoms with Crippen LogP contribution in [0.25, 0.3) is 0 Å². The molecule has 6 nitrogen and oxygen atoms in total. The van der Waals surface area contributed by atoms with Gasteiger partial charge < -0.3 is 19.3 Å². The molecule has 2 aromatic carbocycles. The number of aliphatic carboxylic acids is 1. The first-order valence-corrected chi connectivity index (χ1v) is 15.7. The fourth-order valence-corrected chi connectivity index (χ4v) is 6.49. The van der Waals surface area contributed by atoms with E-state index < -0.39 is 11.4 Å². The molecule has 0 spiro atoms. The van der Waals surface area contributed by atoms with Gasteiger partial charge in [-0.3, -0.25) is 9.59 Å². The number of hydrogen-bond donors (Lipinski definition) is 1. The highest BCUT2D eigenvalue weighted by Crippen LogP contribution is 2.51. The van der Waals surface area contributed by atoms with Crippen molar-refractivity contribution in [2.45, 2.75) is 103 Å². The number of benzene rings is 2. The lowest BCUT2D eigenvalue weighted by Crippen LogP contribution is -2.50. The highest BCUT2D eigenvalue weighted by Gasteiger charge is 2.53. The summed E-state index contributed by atoms with van der Waals surface area (Å²) in [4.78, 5) is 26.4. The van der Waals surface area contributed by atoms with E-state index in [-0.39, 0.29) is 30.1 Å². The molecule has 1 N–H and O–H groups in total. The van der Waals surface area contributed by atoms with Crippen LogP contribution in [0.1, 0.15) is 108 Å². The van der Waals surface area contributed by atoms with Gasteiger partial charge in [-0.2, -0.15) is 0 Å². The average molecular weight is 565 g/mol. The summed E-state index contributed by atoms with van der Waals surface area (Å²) in [5, 5.41) is 10.1. The molecule has 2 unspecified atom stereocenters. The molecular weight excluding hydrogens is 516 g/mol. The summed E-state index contributed by atoms with van der Waals surface area (Å²) in [5.41, 5.74) is 2.44. The molecule has 2 atom stereocenters. The zero-order valence-electron chi connectivity index (χ0n) is 25.3. The van der Waals surface area contributed by atoms with Crippen LogP contribution in [0.5, 0.6) is 11.5 Å². The Bertz CT molecular complexity index is 1120. The third-order valence-electron chi connectivity index (χ3n) is 8.93. The van der Waals surface area contributed by atoms with E-state index >= 15 is 0 Å². The van der Waals surface area contributed by atoms with Crippen LogP contribution in [0.3, 0.4) is 0 Å². The molecule has 0 radical (unpaired) electrons. The standard InChI is InChI=1S/C35H48O6/c1-5-39-28-21-35(22-28,34(37)38)23-30(36)29(16-12-11-15-25-13-9-8-10-14-25)24(4)27-19-31(40-6-2)33(26-17-18-26)32(20-27)41-7-3/h8-10,13-14,19-20,24,26,28-29H,5-7,11-12,15-18,21-23H2,1-4H3,(H,37,38). The normalized spacial score (nSPS) is 21.5. The summed E-state index contributed by atoms with van der Waals surface area (Å²) in [6.45, 7) is 9.68. The van der Waals surface area contributed by atoms with Crippen molar-refractivity contribution in [3.8, 4) is 11.5 Å². The Morgan fingerprint density at radius 3 is 2.12 bits per heavy atom. The molecule has 0 amide bonds. The predicted molar refractivity (Wildman–Crippen MR) is 161 cm³/mol. The van der Waals surface area contributed by atoms with Gasteiger partial charge in [-0.25, -0.2) is 0 Å². The van der Waals surface area contributed by atoms with Gasteiger partial charge in [-0.05, 0) is 101 Å². The van der Waals surface area contributed by atoms with Gasteiger partial charge in [0.25, 0.3) is 0 Å². The predicted octanol–water partition coefficient (Wildman–Crippen LogP) is 7.72. The lowest BCUT2D eigenvalue weighted by atomic mass is 9.62. The number of unbranched alkanes of at least 4 members (excludes halogenated alkanes) is 1. The summed E-state index contributed by atoms with van der Waals surface area (Å²) in [6.07, 6.45) is 6.60. The molecule has 2 fully saturated rings. The number of carboxylic acids is 1. The number of carbonyl (C=O) groups is 2. The van der Waals surface area contributed by atoms with Crippen LogP contribution in [0, 0.1) is 11.3 Å². The van der Waals surface area contributed by atoms with E-state index in [2.05, 4.69) is 43.3 Å². The third kappa shape index (κ3) is 7.71. The van der Waals surface area contributed by atoms with Gasteiger partial charge in [0.15, 0.2) is 0 Å². The van der Waals surface area contributed by atoms with Crippen molar-refractivity contribution in [3.05, 3.63) is 59.2 Å². The van der Waals surface area contributed by atoms with Crippen molar-refractivity contribution in [1.29, 1.82) is 0 Å². The van der Waals surface area contributed by atoms with Crippen LogP contribution < -0.4 is 9.47 Å². The van der Waals surface area contributed by atoms with Crippen LogP contribution in [0.2, 0.25) is 0 Å². The van der Waals surface area contributed by atoms with E-state index in [0.29, 0.717) is 38.6 Å². The molecule has 6 heteroatoms. The quantitative estimate of drug-likeness (QED) is 0.187. The molecule has 2 aliphatic carbocycles. The maximum Gasteiger partial charge on any atom is 0.310 e. The zero-order chi connectivity index (χ0) is 29.4. The second-order valence-electron chi connectivity index (χ2n) is 11.9. The average Bonchev–Trinajstić information content (AvgIpc) is 3.77. The number of Topliss-reactive ketones (excluding diaryl/α,β-unsaturated/α-hetero) is 1. The molecule has 2 aliphatic rings. The van der Waals surface area contributed by atoms with Gasteiger partial charge in [0.1, 0.15) is 17.3 Å². The lowest BCUT2D eigenvalue weighted by Gasteiger charge is -2.44. The number of rotatable bonds is 18. The minimum atomic E-state index is -1.03. The molecule has 41 heavy (non-hydrogen) atoms. The van der Waals surface area contributed by atoms with Crippen LogP contribution >= 0.6 is 0 Å². The van der Waals surface area contributed by atoms with Crippen molar-refractivity contribution in [2.24, 2.45) is 11.3 Å². The fraction of sp³-hybridized carbons (Fsp3) is 0.600. The minimum Gasteiger partial charge on any atom is -0.493 e. The zero-order valence-corrected chi connectivity index (χ0v) is 25.3. The Kier molecular flexibility index (Phi) is 10.9. The van der Waals surface area contributed by atoms with Gasteiger partial charge in [0, 0.05) is 24.5 Å². The van der Waals surface area contributed by atoms with E-state index in [1.807, 2.05) is 26.8 Å². The Balaban J connectivity index is 1.57. The monoisotopic (exact) mass is 564 g/mol. The highest BCUT2D eigenvalue weighted by molar-refractivity contribution is 5.89. The summed E-state index contributed by atoms with van der Waals surface area (Å²) < 4.78 is 17.9. The van der Waals surface area contributed by atoms with Crippen molar-refractivity contribution in [2.75, 3.05) is 19.8 Å². The molecule has 0 aromatic heterocycles. The number of ether oxygens (including phenoxy) is 3. The molecule has 4 rings (SSSR count). The number of ketones is 1. The van der Waals surface area contributed by atoms with Crippen LogP contribution in [0.15, 0.2) is 42.5 Å². The van der Waals surface area contributed by atoms with Crippen LogP contribution in [0.4, 0.5) is 0 Å². The maximum absolute atomic E-state index is 14.0. The topological polar surface area (TPSA) is 82.1 Å². The first-order valence-electron chi connectivity index (χ1n) is 15.7. The summed E-state index contributed by atoms with van der Waals surface area (Å²) in [5.74, 6) is 0.950. The number of carbonyl (C=O) groups excluding carboxylic acids is 1. The smallest absolute Gasteiger partial charge is 0.310 e. The van der Waals surface area contributed by atoms with Crippen LogP contribution in [-0.4, -0.2) is 42.8 Å². The molecule has 2 aromatic rings. The van der Waals surface area contributed by atoms with E-state index in [1.54, 1.807) is 0 Å².